The van der Waals surface area contributed by atoms with Gasteiger partial charge in [0, 0.05) is 30.2 Å². The van der Waals surface area contributed by atoms with Gasteiger partial charge in [0.2, 0.25) is 0 Å². The Morgan fingerprint density at radius 2 is 2.20 bits per heavy atom. The number of rotatable bonds is 4. The van der Waals surface area contributed by atoms with E-state index < -0.39 is 0 Å². The fourth-order valence-electron chi connectivity index (χ4n) is 1.14. The summed E-state index contributed by atoms with van der Waals surface area (Å²) in [5.41, 5.74) is 0.847. The molecule has 0 aliphatic heterocycles. The molecule has 0 bridgehead atoms. The van der Waals surface area contributed by atoms with E-state index in [1.165, 1.54) is 0 Å². The van der Waals surface area contributed by atoms with Crippen LogP contribution in [-0.4, -0.2) is 36.7 Å². The topological polar surface area (TPSA) is 50.9 Å². The van der Waals surface area contributed by atoms with Crippen molar-refractivity contribution in [3.05, 3.63) is 11.9 Å². The molecular weight excluding hydrogens is 210 g/mol. The van der Waals surface area contributed by atoms with Gasteiger partial charge < -0.3 is 5.11 Å². The average molecular weight is 229 g/mol. The molecule has 86 valence electrons. The molecule has 1 rings (SSSR count). The van der Waals surface area contributed by atoms with Crippen LogP contribution in [0.2, 0.25) is 0 Å². The molecule has 0 aromatic carbocycles. The van der Waals surface area contributed by atoms with Crippen molar-refractivity contribution in [2.45, 2.75) is 38.0 Å². The summed E-state index contributed by atoms with van der Waals surface area (Å²) in [5, 5.41) is 17.5. The number of hydrogen-bond acceptors (Lipinski definition) is 4. The molecule has 1 atom stereocenters. The first-order valence-corrected chi connectivity index (χ1v) is 6.02. The van der Waals surface area contributed by atoms with E-state index in [4.69, 9.17) is 0 Å². The van der Waals surface area contributed by atoms with Crippen molar-refractivity contribution in [1.29, 1.82) is 0 Å². The summed E-state index contributed by atoms with van der Waals surface area (Å²) in [4.78, 5) is 0. The lowest BCUT2D eigenvalue weighted by atomic mass is 10.2. The molecular formula is C10H19N3OS. The minimum atomic E-state index is -0.342. The van der Waals surface area contributed by atoms with E-state index in [9.17, 15) is 5.11 Å². The van der Waals surface area contributed by atoms with Gasteiger partial charge in [-0.15, -0.1) is 5.10 Å². The zero-order valence-corrected chi connectivity index (χ0v) is 10.6. The van der Waals surface area contributed by atoms with Crippen LogP contribution < -0.4 is 0 Å². The van der Waals surface area contributed by atoms with Crippen molar-refractivity contribution in [3.8, 4) is 0 Å². The second kappa shape index (κ2) is 4.99. The van der Waals surface area contributed by atoms with Crippen LogP contribution in [0.5, 0.6) is 0 Å². The van der Waals surface area contributed by atoms with Gasteiger partial charge in [-0.3, -0.25) is 4.68 Å². The predicted molar refractivity (Wildman–Crippen MR) is 62.9 cm³/mol. The molecule has 1 unspecified atom stereocenters. The summed E-state index contributed by atoms with van der Waals surface area (Å²) in [6, 6.07) is 0. The number of thioether (sulfide) groups is 1. The standard InChI is InChI=1S/C10H19N3OS/c1-10(2,3)15-7-9(14)5-8-6-13(4)12-11-8/h6,9,14H,5,7H2,1-4H3. The first-order valence-electron chi connectivity index (χ1n) is 5.04. The molecule has 0 aliphatic carbocycles. The average Bonchev–Trinajstić information content (AvgIpc) is 2.47. The molecule has 1 aromatic heterocycles. The second-order valence-corrected chi connectivity index (χ2v) is 6.51. The van der Waals surface area contributed by atoms with Gasteiger partial charge >= 0.3 is 0 Å². The van der Waals surface area contributed by atoms with Gasteiger partial charge in [0.05, 0.1) is 11.8 Å². The van der Waals surface area contributed by atoms with Crippen molar-refractivity contribution in [2.75, 3.05) is 5.75 Å². The highest BCUT2D eigenvalue weighted by Crippen LogP contribution is 2.24. The molecule has 1 N–H and O–H groups in total. The second-order valence-electron chi connectivity index (χ2n) is 4.66. The predicted octanol–water partition coefficient (Wildman–Crippen LogP) is 1.25. The van der Waals surface area contributed by atoms with Crippen LogP contribution in [-0.2, 0) is 13.5 Å². The normalized spacial score (nSPS) is 14.2. The third-order valence-corrected chi connectivity index (χ3v) is 3.22. The maximum absolute atomic E-state index is 9.78. The molecule has 1 heterocycles. The Morgan fingerprint density at radius 3 is 2.67 bits per heavy atom. The summed E-state index contributed by atoms with van der Waals surface area (Å²) < 4.78 is 1.85. The molecule has 0 amide bonds. The zero-order valence-electron chi connectivity index (χ0n) is 9.77. The Kier molecular flexibility index (Phi) is 4.16. The molecule has 0 spiro atoms. The van der Waals surface area contributed by atoms with E-state index in [1.54, 1.807) is 16.4 Å². The maximum Gasteiger partial charge on any atom is 0.0853 e. The van der Waals surface area contributed by atoms with E-state index in [2.05, 4.69) is 31.1 Å². The van der Waals surface area contributed by atoms with Gasteiger partial charge in [-0.1, -0.05) is 26.0 Å². The van der Waals surface area contributed by atoms with E-state index in [0.717, 1.165) is 11.4 Å². The first kappa shape index (κ1) is 12.5. The van der Waals surface area contributed by atoms with Crippen LogP contribution in [0.1, 0.15) is 26.5 Å². The summed E-state index contributed by atoms with van der Waals surface area (Å²) in [7, 11) is 1.83. The smallest absolute Gasteiger partial charge is 0.0853 e. The van der Waals surface area contributed by atoms with Crippen LogP contribution in [0, 0.1) is 0 Å². The van der Waals surface area contributed by atoms with Crippen molar-refractivity contribution < 1.29 is 5.11 Å². The molecule has 0 aliphatic rings. The number of aromatic nitrogens is 3. The highest BCUT2D eigenvalue weighted by molar-refractivity contribution is 8.00. The monoisotopic (exact) mass is 229 g/mol. The van der Waals surface area contributed by atoms with Crippen LogP contribution in [0.25, 0.3) is 0 Å². The quantitative estimate of drug-likeness (QED) is 0.844. The van der Waals surface area contributed by atoms with E-state index >= 15 is 0 Å². The van der Waals surface area contributed by atoms with Crippen LogP contribution in [0.4, 0.5) is 0 Å². The minimum absolute atomic E-state index is 0.198. The summed E-state index contributed by atoms with van der Waals surface area (Å²) in [5.74, 6) is 0.736. The fraction of sp³-hybridized carbons (Fsp3) is 0.800. The Labute approximate surface area is 95.1 Å². The fourth-order valence-corrected chi connectivity index (χ4v) is 1.95. The van der Waals surface area contributed by atoms with Gasteiger partial charge in [0.25, 0.3) is 0 Å². The summed E-state index contributed by atoms with van der Waals surface area (Å²) in [6.07, 6.45) is 2.08. The Morgan fingerprint density at radius 1 is 1.53 bits per heavy atom. The van der Waals surface area contributed by atoms with Crippen molar-refractivity contribution in [2.24, 2.45) is 7.05 Å². The van der Waals surface area contributed by atoms with E-state index in [1.807, 2.05) is 13.2 Å². The van der Waals surface area contributed by atoms with Gasteiger partial charge in [-0.2, -0.15) is 11.8 Å². The van der Waals surface area contributed by atoms with Gasteiger partial charge in [0.1, 0.15) is 0 Å². The first-order chi connectivity index (χ1) is 6.87. The Balaban J connectivity index is 2.33. The molecule has 0 radical (unpaired) electrons. The van der Waals surface area contributed by atoms with Crippen LogP contribution in [0.3, 0.4) is 0 Å². The summed E-state index contributed by atoms with van der Waals surface area (Å²) >= 11 is 1.76. The Hall–Kier alpha value is -0.550. The zero-order chi connectivity index (χ0) is 11.5. The third kappa shape index (κ3) is 5.18. The van der Waals surface area contributed by atoms with Gasteiger partial charge in [0.15, 0.2) is 0 Å². The van der Waals surface area contributed by atoms with Crippen LogP contribution in [0.15, 0.2) is 6.20 Å². The van der Waals surface area contributed by atoms with Crippen molar-refractivity contribution in [1.82, 2.24) is 15.0 Å². The highest BCUT2D eigenvalue weighted by atomic mass is 32.2. The van der Waals surface area contributed by atoms with Gasteiger partial charge in [-0.25, -0.2) is 0 Å². The lowest BCUT2D eigenvalue weighted by molar-refractivity contribution is 0.198. The number of hydrogen-bond donors (Lipinski definition) is 1. The molecule has 5 heteroatoms. The van der Waals surface area contributed by atoms with E-state index in [-0.39, 0.29) is 10.9 Å². The number of aliphatic hydroxyl groups is 1. The minimum Gasteiger partial charge on any atom is -0.392 e. The molecule has 15 heavy (non-hydrogen) atoms. The highest BCUT2D eigenvalue weighted by Gasteiger charge is 2.15. The van der Waals surface area contributed by atoms with Crippen molar-refractivity contribution in [3.63, 3.8) is 0 Å². The van der Waals surface area contributed by atoms with Crippen molar-refractivity contribution >= 4 is 11.8 Å². The molecule has 0 saturated carbocycles. The molecule has 0 saturated heterocycles. The molecule has 4 nitrogen and oxygen atoms in total. The maximum atomic E-state index is 9.78. The number of aryl methyl sites for hydroxylation is 1. The molecule has 1 aromatic rings. The molecule has 0 fully saturated rings. The lowest BCUT2D eigenvalue weighted by Gasteiger charge is -2.19. The number of aliphatic hydroxyl groups excluding tert-OH is 1. The summed E-state index contributed by atoms with van der Waals surface area (Å²) in [6.45, 7) is 6.44. The largest absolute Gasteiger partial charge is 0.392 e. The number of nitrogens with zero attached hydrogens (tertiary/aromatic N) is 3. The Bertz CT molecular complexity index is 306. The SMILES string of the molecule is Cn1cc(CC(O)CSC(C)(C)C)nn1. The van der Waals surface area contributed by atoms with Gasteiger partial charge in [-0.05, 0) is 0 Å². The van der Waals surface area contributed by atoms with Crippen LogP contribution >= 0.6 is 11.8 Å². The lowest BCUT2D eigenvalue weighted by Crippen LogP contribution is -2.19. The van der Waals surface area contributed by atoms with E-state index in [0.29, 0.717) is 6.42 Å². The third-order valence-electron chi connectivity index (χ3n) is 1.80.